The summed E-state index contributed by atoms with van der Waals surface area (Å²) in [6.45, 7) is 4.18. The van der Waals surface area contributed by atoms with Gasteiger partial charge in [-0.05, 0) is 37.3 Å². The van der Waals surface area contributed by atoms with Gasteiger partial charge in [-0.1, -0.05) is 5.21 Å². The lowest BCUT2D eigenvalue weighted by Gasteiger charge is -2.40. The third-order valence-electron chi connectivity index (χ3n) is 3.92. The Morgan fingerprint density at radius 1 is 1.50 bits per heavy atom. The van der Waals surface area contributed by atoms with Crippen LogP contribution in [0.2, 0.25) is 0 Å². The molecule has 108 valence electrons. The van der Waals surface area contributed by atoms with Crippen molar-refractivity contribution in [1.82, 2.24) is 20.3 Å². The van der Waals surface area contributed by atoms with Crippen molar-refractivity contribution < 1.29 is 5.11 Å². The predicted molar refractivity (Wildman–Crippen MR) is 78.5 cm³/mol. The van der Waals surface area contributed by atoms with E-state index in [0.29, 0.717) is 6.42 Å². The van der Waals surface area contributed by atoms with Crippen LogP contribution in [0.1, 0.15) is 41.9 Å². The molecular formula is C14H20N4OS. The zero-order valence-electron chi connectivity index (χ0n) is 12.0. The van der Waals surface area contributed by atoms with Gasteiger partial charge in [-0.15, -0.1) is 16.4 Å². The number of aliphatic hydroxyl groups is 1. The highest BCUT2D eigenvalue weighted by atomic mass is 32.1. The Morgan fingerprint density at radius 3 is 2.90 bits per heavy atom. The molecule has 0 radical (unpaired) electrons. The van der Waals surface area contributed by atoms with Crippen LogP contribution in [0.25, 0.3) is 0 Å². The summed E-state index contributed by atoms with van der Waals surface area (Å²) in [6.07, 6.45) is 3.27. The Labute approximate surface area is 122 Å². The van der Waals surface area contributed by atoms with E-state index in [2.05, 4.69) is 40.9 Å². The van der Waals surface area contributed by atoms with Gasteiger partial charge in [0.25, 0.3) is 0 Å². The summed E-state index contributed by atoms with van der Waals surface area (Å²) in [4.78, 5) is 1.23. The quantitative estimate of drug-likeness (QED) is 0.887. The molecule has 1 fully saturated rings. The molecular weight excluding hydrogens is 272 g/mol. The molecule has 2 aromatic rings. The third-order valence-corrected chi connectivity index (χ3v) is 4.78. The summed E-state index contributed by atoms with van der Waals surface area (Å²) in [7, 11) is 1.86. The van der Waals surface area contributed by atoms with E-state index in [1.165, 1.54) is 4.88 Å². The number of aryl methyl sites for hydroxylation is 2. The van der Waals surface area contributed by atoms with Crippen molar-refractivity contribution >= 4 is 11.3 Å². The van der Waals surface area contributed by atoms with Crippen molar-refractivity contribution in [3.05, 3.63) is 33.8 Å². The van der Waals surface area contributed by atoms with Gasteiger partial charge in [-0.2, -0.15) is 0 Å². The van der Waals surface area contributed by atoms with E-state index in [0.717, 1.165) is 17.7 Å². The second-order valence-corrected chi connectivity index (χ2v) is 6.94. The number of rotatable bonds is 2. The normalized spacial score (nSPS) is 30.6. The fourth-order valence-electron chi connectivity index (χ4n) is 3.03. The molecule has 1 aliphatic rings. The molecule has 3 atom stereocenters. The first kappa shape index (κ1) is 13.7. The standard InChI is InChI=1S/C14H20N4OS/c1-9-5-14(19,11-4-10(2)20-8-11)6-12(15-9)13-7-18(3)17-16-13/h4,7-9,12,15,19H,5-6H2,1-3H3/t9-,12-,14-/m0/s1. The average molecular weight is 292 g/mol. The summed E-state index contributed by atoms with van der Waals surface area (Å²) in [5.41, 5.74) is 1.14. The minimum atomic E-state index is -0.780. The first-order chi connectivity index (χ1) is 9.46. The van der Waals surface area contributed by atoms with Gasteiger partial charge >= 0.3 is 0 Å². The highest BCUT2D eigenvalue weighted by Crippen LogP contribution is 2.40. The van der Waals surface area contributed by atoms with Crippen LogP contribution in [0.5, 0.6) is 0 Å². The molecule has 3 rings (SSSR count). The van der Waals surface area contributed by atoms with E-state index in [4.69, 9.17) is 0 Å². The van der Waals surface area contributed by atoms with Crippen molar-refractivity contribution in [3.63, 3.8) is 0 Å². The van der Waals surface area contributed by atoms with Gasteiger partial charge in [-0.3, -0.25) is 4.68 Å². The molecule has 0 spiro atoms. The SMILES string of the molecule is Cc1cc([C@@]2(O)C[C@@H](c3cn(C)nn3)N[C@@H](C)C2)cs1. The van der Waals surface area contributed by atoms with Crippen LogP contribution >= 0.6 is 11.3 Å². The number of nitrogens with zero attached hydrogens (tertiary/aromatic N) is 3. The number of nitrogens with one attached hydrogen (secondary N) is 1. The Hall–Kier alpha value is -1.24. The topological polar surface area (TPSA) is 63.0 Å². The fraction of sp³-hybridized carbons (Fsp3) is 0.571. The largest absolute Gasteiger partial charge is 0.385 e. The van der Waals surface area contributed by atoms with E-state index in [9.17, 15) is 5.11 Å². The minimum Gasteiger partial charge on any atom is -0.385 e. The molecule has 6 heteroatoms. The van der Waals surface area contributed by atoms with E-state index in [1.54, 1.807) is 16.0 Å². The Kier molecular flexibility index (Phi) is 3.40. The summed E-state index contributed by atoms with van der Waals surface area (Å²) < 4.78 is 1.70. The molecule has 1 aliphatic heterocycles. The number of hydrogen-bond donors (Lipinski definition) is 2. The van der Waals surface area contributed by atoms with Gasteiger partial charge in [0.2, 0.25) is 0 Å². The summed E-state index contributed by atoms with van der Waals surface area (Å²) in [5.74, 6) is 0. The molecule has 0 aliphatic carbocycles. The monoisotopic (exact) mass is 292 g/mol. The van der Waals surface area contributed by atoms with Gasteiger partial charge in [0.15, 0.2) is 0 Å². The first-order valence-electron chi connectivity index (χ1n) is 6.86. The van der Waals surface area contributed by atoms with Crippen LogP contribution in [0.15, 0.2) is 17.6 Å². The number of hydrogen-bond acceptors (Lipinski definition) is 5. The van der Waals surface area contributed by atoms with Crippen LogP contribution in [-0.2, 0) is 12.6 Å². The second kappa shape index (κ2) is 4.95. The lowest BCUT2D eigenvalue weighted by Crippen LogP contribution is -2.46. The predicted octanol–water partition coefficient (Wildman–Crippen LogP) is 1.89. The Morgan fingerprint density at radius 2 is 2.30 bits per heavy atom. The molecule has 0 unspecified atom stereocenters. The molecule has 20 heavy (non-hydrogen) atoms. The summed E-state index contributed by atoms with van der Waals surface area (Å²) in [5, 5.41) is 24.8. The third kappa shape index (κ3) is 2.51. The molecule has 5 nitrogen and oxygen atoms in total. The molecule has 0 bridgehead atoms. The smallest absolute Gasteiger partial charge is 0.0997 e. The molecule has 2 N–H and O–H groups in total. The van der Waals surface area contributed by atoms with Crippen molar-refractivity contribution in [1.29, 1.82) is 0 Å². The van der Waals surface area contributed by atoms with Gasteiger partial charge in [-0.25, -0.2) is 0 Å². The maximum absolute atomic E-state index is 11.1. The number of piperidine rings is 1. The lowest BCUT2D eigenvalue weighted by molar-refractivity contribution is -0.0232. The van der Waals surface area contributed by atoms with Gasteiger partial charge < -0.3 is 10.4 Å². The first-order valence-corrected chi connectivity index (χ1v) is 7.74. The number of thiophene rings is 1. The molecule has 2 aromatic heterocycles. The highest BCUT2D eigenvalue weighted by molar-refractivity contribution is 7.10. The minimum absolute atomic E-state index is 0.0395. The Balaban J connectivity index is 1.89. The number of aromatic nitrogens is 3. The zero-order valence-corrected chi connectivity index (χ0v) is 12.8. The van der Waals surface area contributed by atoms with E-state index in [-0.39, 0.29) is 12.1 Å². The Bertz CT molecular complexity index is 608. The van der Waals surface area contributed by atoms with Crippen molar-refractivity contribution in [2.75, 3.05) is 0 Å². The van der Waals surface area contributed by atoms with Crippen LogP contribution in [0, 0.1) is 6.92 Å². The molecule has 3 heterocycles. The summed E-state index contributed by atoms with van der Waals surface area (Å²) in [6, 6.07) is 2.37. The van der Waals surface area contributed by atoms with E-state index >= 15 is 0 Å². The average Bonchev–Trinajstić information content (AvgIpc) is 2.97. The molecule has 1 saturated heterocycles. The van der Waals surface area contributed by atoms with Crippen molar-refractivity contribution in [2.24, 2.45) is 7.05 Å². The van der Waals surface area contributed by atoms with Crippen LogP contribution in [0.4, 0.5) is 0 Å². The van der Waals surface area contributed by atoms with Gasteiger partial charge in [0.1, 0.15) is 0 Å². The van der Waals surface area contributed by atoms with E-state index < -0.39 is 5.60 Å². The highest BCUT2D eigenvalue weighted by Gasteiger charge is 2.40. The lowest BCUT2D eigenvalue weighted by atomic mass is 9.79. The maximum atomic E-state index is 11.1. The fourth-order valence-corrected chi connectivity index (χ4v) is 3.82. The van der Waals surface area contributed by atoms with Gasteiger partial charge in [0.05, 0.1) is 17.3 Å². The van der Waals surface area contributed by atoms with E-state index in [1.807, 2.05) is 13.2 Å². The molecule has 0 saturated carbocycles. The summed E-state index contributed by atoms with van der Waals surface area (Å²) >= 11 is 1.69. The van der Waals surface area contributed by atoms with Crippen LogP contribution in [0.3, 0.4) is 0 Å². The molecule has 0 amide bonds. The van der Waals surface area contributed by atoms with Crippen molar-refractivity contribution in [2.45, 2.75) is 44.4 Å². The zero-order chi connectivity index (χ0) is 14.3. The molecule has 0 aromatic carbocycles. The maximum Gasteiger partial charge on any atom is 0.0997 e. The van der Waals surface area contributed by atoms with Gasteiger partial charge in [0, 0.05) is 30.6 Å². The second-order valence-electron chi connectivity index (χ2n) is 5.82. The van der Waals surface area contributed by atoms with Crippen molar-refractivity contribution in [3.8, 4) is 0 Å². The van der Waals surface area contributed by atoms with Crippen LogP contribution < -0.4 is 5.32 Å². The van der Waals surface area contributed by atoms with Crippen LogP contribution in [-0.4, -0.2) is 26.1 Å².